The molecular weight excluding hydrogens is 527 g/mol. The molecule has 42 heavy (non-hydrogen) atoms. The van der Waals surface area contributed by atoms with Crippen molar-refractivity contribution in [2.75, 3.05) is 29.9 Å². The van der Waals surface area contributed by atoms with Crippen molar-refractivity contribution in [2.24, 2.45) is 7.05 Å². The third-order valence-electron chi connectivity index (χ3n) is 8.11. The number of aryl methyl sites for hydroxylation is 1. The maximum Gasteiger partial charge on any atom is 0.229 e. The van der Waals surface area contributed by atoms with Crippen molar-refractivity contribution in [2.45, 2.75) is 45.7 Å². The summed E-state index contributed by atoms with van der Waals surface area (Å²) in [4.78, 5) is 18.3. The van der Waals surface area contributed by atoms with Gasteiger partial charge in [0.15, 0.2) is 5.82 Å². The molecule has 216 valence electrons. The Morgan fingerprint density at radius 3 is 2.62 bits per heavy atom. The van der Waals surface area contributed by atoms with Crippen LogP contribution in [0.25, 0.3) is 22.2 Å². The lowest BCUT2D eigenvalue weighted by Gasteiger charge is -2.28. The van der Waals surface area contributed by atoms with E-state index in [-0.39, 0.29) is 11.6 Å². The molecule has 8 nitrogen and oxygen atoms in total. The summed E-state index contributed by atoms with van der Waals surface area (Å²) in [6, 6.07) is 20.9. The second-order valence-corrected chi connectivity index (χ2v) is 11.2. The number of hydrogen-bond acceptors (Lipinski definition) is 7. The SMILES string of the molecule is CCN(Cc1ccccc1)C1CCN(c2ccc(Nc3ncc(F)c(-c4ccc5nn(C)c(C(C)C)c5c4)n3)nc2)C1. The molecule has 4 heterocycles. The first-order valence-electron chi connectivity index (χ1n) is 14.6. The molecule has 9 heteroatoms. The highest BCUT2D eigenvalue weighted by atomic mass is 19.1. The molecule has 1 N–H and O–H groups in total. The largest absolute Gasteiger partial charge is 0.369 e. The highest BCUT2D eigenvalue weighted by molar-refractivity contribution is 5.87. The fraction of sp³-hybridized carbons (Fsp3) is 0.333. The van der Waals surface area contributed by atoms with E-state index in [1.54, 1.807) is 0 Å². The van der Waals surface area contributed by atoms with Gasteiger partial charge in [0.1, 0.15) is 11.5 Å². The van der Waals surface area contributed by atoms with Crippen molar-refractivity contribution in [3.63, 3.8) is 0 Å². The quantitative estimate of drug-likeness (QED) is 0.218. The summed E-state index contributed by atoms with van der Waals surface area (Å²) < 4.78 is 16.8. The van der Waals surface area contributed by atoms with E-state index in [2.05, 4.69) is 92.3 Å². The van der Waals surface area contributed by atoms with Gasteiger partial charge in [-0.15, -0.1) is 0 Å². The van der Waals surface area contributed by atoms with Crippen LogP contribution in [0.3, 0.4) is 0 Å². The Hall–Kier alpha value is -4.37. The molecule has 2 aromatic carbocycles. The van der Waals surface area contributed by atoms with E-state index in [0.29, 0.717) is 23.4 Å². The predicted molar refractivity (Wildman–Crippen MR) is 166 cm³/mol. The van der Waals surface area contributed by atoms with E-state index < -0.39 is 5.82 Å². The standard InChI is InChI=1S/C33H37FN8/c1-5-41(20-23-9-7-6-8-10-23)26-15-16-42(21-26)25-12-14-30(35-18-25)37-33-36-19-28(34)31(38-33)24-11-13-29-27(17-24)32(22(2)3)40(4)39-29/h6-14,17-19,22,26H,5,15-16,20-21H2,1-4H3,(H,35,36,37,38). The lowest BCUT2D eigenvalue weighted by molar-refractivity contribution is 0.212. The van der Waals surface area contributed by atoms with Gasteiger partial charge in [-0.25, -0.2) is 19.3 Å². The lowest BCUT2D eigenvalue weighted by Crippen LogP contribution is -2.37. The Morgan fingerprint density at radius 1 is 1.05 bits per heavy atom. The van der Waals surface area contributed by atoms with Crippen LogP contribution < -0.4 is 10.2 Å². The Bertz CT molecular complexity index is 1670. The fourth-order valence-corrected chi connectivity index (χ4v) is 6.03. The number of nitrogens with one attached hydrogen (secondary N) is 1. The summed E-state index contributed by atoms with van der Waals surface area (Å²) in [6.45, 7) is 10.4. The van der Waals surface area contributed by atoms with Crippen LogP contribution in [0, 0.1) is 5.82 Å². The van der Waals surface area contributed by atoms with Crippen LogP contribution in [0.4, 0.5) is 21.8 Å². The first kappa shape index (κ1) is 27.8. The third-order valence-corrected chi connectivity index (χ3v) is 8.11. The molecule has 3 aromatic heterocycles. The van der Waals surface area contributed by atoms with E-state index in [9.17, 15) is 4.39 Å². The average Bonchev–Trinajstić information content (AvgIpc) is 3.62. The van der Waals surface area contributed by atoms with Crippen LogP contribution in [0.5, 0.6) is 0 Å². The topological polar surface area (TPSA) is 75.0 Å². The van der Waals surface area contributed by atoms with E-state index in [4.69, 9.17) is 0 Å². The van der Waals surface area contributed by atoms with E-state index in [1.165, 1.54) is 11.8 Å². The molecule has 0 bridgehead atoms. The number of rotatable bonds is 9. The lowest BCUT2D eigenvalue weighted by atomic mass is 10.0. The van der Waals surface area contributed by atoms with Crippen LogP contribution in [0.2, 0.25) is 0 Å². The summed E-state index contributed by atoms with van der Waals surface area (Å²) in [5.74, 6) is 0.706. The smallest absolute Gasteiger partial charge is 0.229 e. The first-order chi connectivity index (χ1) is 20.4. The van der Waals surface area contributed by atoms with Gasteiger partial charge in [0, 0.05) is 49.4 Å². The normalized spacial score (nSPS) is 15.3. The minimum absolute atomic E-state index is 0.240. The summed E-state index contributed by atoms with van der Waals surface area (Å²) in [6.07, 6.45) is 4.21. The molecular formula is C33H37FN8. The Kier molecular flexibility index (Phi) is 7.84. The van der Waals surface area contributed by atoms with Gasteiger partial charge in [-0.2, -0.15) is 5.10 Å². The Morgan fingerprint density at radius 2 is 1.88 bits per heavy atom. The number of aromatic nitrogens is 5. The molecule has 0 saturated carbocycles. The van der Waals surface area contributed by atoms with Crippen molar-refractivity contribution >= 4 is 28.4 Å². The van der Waals surface area contributed by atoms with Crippen LogP contribution in [-0.2, 0) is 13.6 Å². The van der Waals surface area contributed by atoms with Crippen molar-refractivity contribution in [3.05, 3.63) is 90.1 Å². The maximum atomic E-state index is 14.9. The van der Waals surface area contributed by atoms with Crippen molar-refractivity contribution in [1.82, 2.24) is 29.6 Å². The predicted octanol–water partition coefficient (Wildman–Crippen LogP) is 6.53. The minimum Gasteiger partial charge on any atom is -0.369 e. The average molecular weight is 565 g/mol. The molecule has 1 saturated heterocycles. The minimum atomic E-state index is -0.477. The number of benzene rings is 2. The maximum absolute atomic E-state index is 14.9. The van der Waals surface area contributed by atoms with E-state index in [0.717, 1.165) is 54.9 Å². The molecule has 0 radical (unpaired) electrons. The van der Waals surface area contributed by atoms with E-state index >= 15 is 0 Å². The molecule has 0 amide bonds. The van der Waals surface area contributed by atoms with Gasteiger partial charge in [0.2, 0.25) is 5.95 Å². The molecule has 5 aromatic rings. The Balaban J connectivity index is 1.15. The molecule has 1 fully saturated rings. The van der Waals surface area contributed by atoms with Gasteiger partial charge in [-0.3, -0.25) is 9.58 Å². The summed E-state index contributed by atoms with van der Waals surface area (Å²) in [7, 11) is 1.94. The zero-order chi connectivity index (χ0) is 29.2. The highest BCUT2D eigenvalue weighted by Gasteiger charge is 2.27. The van der Waals surface area contributed by atoms with Crippen molar-refractivity contribution in [3.8, 4) is 11.3 Å². The number of fused-ring (bicyclic) bond motifs is 1. The van der Waals surface area contributed by atoms with Gasteiger partial charge in [-0.05, 0) is 48.7 Å². The van der Waals surface area contributed by atoms with Crippen molar-refractivity contribution < 1.29 is 4.39 Å². The number of pyridine rings is 1. The fourth-order valence-electron chi connectivity index (χ4n) is 6.03. The monoisotopic (exact) mass is 564 g/mol. The number of nitrogens with zero attached hydrogens (tertiary/aromatic N) is 7. The van der Waals surface area contributed by atoms with Crippen molar-refractivity contribution in [1.29, 1.82) is 0 Å². The number of halogens is 1. The van der Waals surface area contributed by atoms with Gasteiger partial charge >= 0.3 is 0 Å². The summed E-state index contributed by atoms with van der Waals surface area (Å²) in [5, 5.41) is 8.75. The second kappa shape index (κ2) is 11.9. The Labute approximate surface area is 246 Å². The third kappa shape index (κ3) is 5.69. The van der Waals surface area contributed by atoms with Crippen LogP contribution in [0.15, 0.2) is 73.1 Å². The molecule has 0 aliphatic carbocycles. The van der Waals surface area contributed by atoms with Gasteiger partial charge in [0.05, 0.1) is 23.6 Å². The summed E-state index contributed by atoms with van der Waals surface area (Å²) >= 11 is 0. The number of likely N-dealkylation sites (N-methyl/N-ethyl adjacent to an activating group) is 1. The summed E-state index contributed by atoms with van der Waals surface area (Å²) in [5.41, 5.74) is 5.34. The van der Waals surface area contributed by atoms with Crippen LogP contribution in [-0.4, -0.2) is 55.3 Å². The molecule has 6 rings (SSSR count). The zero-order valence-corrected chi connectivity index (χ0v) is 24.6. The van der Waals surface area contributed by atoms with Crippen LogP contribution >= 0.6 is 0 Å². The second-order valence-electron chi connectivity index (χ2n) is 11.2. The molecule has 1 aliphatic heterocycles. The molecule has 1 unspecified atom stereocenters. The molecule has 0 spiro atoms. The molecule has 1 atom stereocenters. The number of hydrogen-bond donors (Lipinski definition) is 1. The first-order valence-corrected chi connectivity index (χ1v) is 14.6. The molecule has 1 aliphatic rings. The van der Waals surface area contributed by atoms with Gasteiger partial charge in [-0.1, -0.05) is 57.2 Å². The zero-order valence-electron chi connectivity index (χ0n) is 24.6. The number of anilines is 3. The van der Waals surface area contributed by atoms with Gasteiger partial charge < -0.3 is 10.2 Å². The highest BCUT2D eigenvalue weighted by Crippen LogP contribution is 2.31. The van der Waals surface area contributed by atoms with E-state index in [1.807, 2.05) is 42.2 Å². The van der Waals surface area contributed by atoms with Gasteiger partial charge in [0.25, 0.3) is 0 Å². The van der Waals surface area contributed by atoms with Crippen LogP contribution in [0.1, 0.15) is 44.4 Å².